The van der Waals surface area contributed by atoms with Crippen LogP contribution in [0, 0.1) is 5.92 Å². The average molecular weight is 276 g/mol. The number of aliphatic hydroxyl groups excluding tert-OH is 1. The summed E-state index contributed by atoms with van der Waals surface area (Å²) < 4.78 is 0. The summed E-state index contributed by atoms with van der Waals surface area (Å²) >= 11 is 0. The van der Waals surface area contributed by atoms with Crippen LogP contribution in [0.2, 0.25) is 0 Å². The topological polar surface area (TPSA) is 35.5 Å². The Morgan fingerprint density at radius 2 is 2.10 bits per heavy atom. The summed E-state index contributed by atoms with van der Waals surface area (Å²) in [4.78, 5) is 2.40. The molecule has 1 heterocycles. The Morgan fingerprint density at radius 3 is 2.75 bits per heavy atom. The van der Waals surface area contributed by atoms with Crippen molar-refractivity contribution in [2.75, 3.05) is 26.2 Å². The number of aliphatic hydroxyl groups is 1. The normalized spacial score (nSPS) is 25.6. The molecular weight excluding hydrogens is 248 g/mol. The Kier molecular flexibility index (Phi) is 6.02. The molecule has 0 spiro atoms. The second-order valence-corrected chi connectivity index (χ2v) is 6.01. The Balaban J connectivity index is 1.81. The van der Waals surface area contributed by atoms with Gasteiger partial charge in [-0.15, -0.1) is 0 Å². The van der Waals surface area contributed by atoms with Gasteiger partial charge < -0.3 is 15.3 Å². The van der Waals surface area contributed by atoms with Crippen LogP contribution in [0.25, 0.3) is 0 Å². The lowest BCUT2D eigenvalue weighted by Crippen LogP contribution is -2.49. The summed E-state index contributed by atoms with van der Waals surface area (Å²) in [5.74, 6) is 0.651. The van der Waals surface area contributed by atoms with Crippen molar-refractivity contribution in [3.8, 4) is 0 Å². The monoisotopic (exact) mass is 276 g/mol. The molecular formula is C17H28N2O. The molecule has 112 valence electrons. The van der Waals surface area contributed by atoms with Crippen LogP contribution in [-0.4, -0.2) is 42.2 Å². The highest BCUT2D eigenvalue weighted by Crippen LogP contribution is 2.20. The number of benzene rings is 1. The molecule has 0 bridgehead atoms. The van der Waals surface area contributed by atoms with E-state index in [0.29, 0.717) is 12.0 Å². The fourth-order valence-electron chi connectivity index (χ4n) is 3.06. The maximum Gasteiger partial charge on any atom is 0.0916 e. The van der Waals surface area contributed by atoms with Gasteiger partial charge in [0.25, 0.3) is 0 Å². The minimum atomic E-state index is -0.372. The first-order valence-corrected chi connectivity index (χ1v) is 7.89. The highest BCUT2D eigenvalue weighted by molar-refractivity contribution is 5.17. The van der Waals surface area contributed by atoms with Gasteiger partial charge >= 0.3 is 0 Å². The molecule has 0 aromatic heterocycles. The fourth-order valence-corrected chi connectivity index (χ4v) is 3.06. The summed E-state index contributed by atoms with van der Waals surface area (Å²) in [6.45, 7) is 8.54. The SMILES string of the molecule is CCCNC1CCN(CC(O)c2ccccc2)CC1C. The van der Waals surface area contributed by atoms with E-state index in [-0.39, 0.29) is 6.10 Å². The van der Waals surface area contributed by atoms with E-state index in [9.17, 15) is 5.11 Å². The van der Waals surface area contributed by atoms with Crippen LogP contribution in [0.15, 0.2) is 30.3 Å². The third-order valence-electron chi connectivity index (χ3n) is 4.26. The lowest BCUT2D eigenvalue weighted by atomic mass is 9.93. The Labute approximate surface area is 123 Å². The van der Waals surface area contributed by atoms with Crippen molar-refractivity contribution in [1.29, 1.82) is 0 Å². The van der Waals surface area contributed by atoms with Gasteiger partial charge in [0.1, 0.15) is 0 Å². The molecule has 1 aliphatic heterocycles. The van der Waals surface area contributed by atoms with Gasteiger partial charge in [-0.05, 0) is 37.4 Å². The molecule has 0 saturated carbocycles. The van der Waals surface area contributed by atoms with Gasteiger partial charge in [-0.2, -0.15) is 0 Å². The zero-order chi connectivity index (χ0) is 14.4. The number of likely N-dealkylation sites (tertiary alicyclic amines) is 1. The molecule has 0 amide bonds. The summed E-state index contributed by atoms with van der Waals surface area (Å²) in [5.41, 5.74) is 1.02. The molecule has 3 atom stereocenters. The van der Waals surface area contributed by atoms with Crippen molar-refractivity contribution in [2.24, 2.45) is 5.92 Å². The van der Waals surface area contributed by atoms with Crippen LogP contribution in [-0.2, 0) is 0 Å². The zero-order valence-electron chi connectivity index (χ0n) is 12.8. The average Bonchev–Trinajstić information content (AvgIpc) is 2.47. The van der Waals surface area contributed by atoms with Gasteiger partial charge in [0.15, 0.2) is 0 Å². The van der Waals surface area contributed by atoms with E-state index in [2.05, 4.69) is 24.1 Å². The second-order valence-electron chi connectivity index (χ2n) is 6.01. The number of nitrogens with zero attached hydrogens (tertiary/aromatic N) is 1. The minimum Gasteiger partial charge on any atom is -0.387 e. The largest absolute Gasteiger partial charge is 0.387 e. The highest BCUT2D eigenvalue weighted by Gasteiger charge is 2.26. The first-order chi connectivity index (χ1) is 9.70. The first-order valence-electron chi connectivity index (χ1n) is 7.89. The number of β-amino-alcohol motifs (C(OH)–C–C–N with tert-alkyl or cyclic N) is 1. The van der Waals surface area contributed by atoms with Crippen LogP contribution in [0.4, 0.5) is 0 Å². The zero-order valence-corrected chi connectivity index (χ0v) is 12.8. The molecule has 2 rings (SSSR count). The van der Waals surface area contributed by atoms with Crippen molar-refractivity contribution in [3.63, 3.8) is 0 Å². The Morgan fingerprint density at radius 1 is 1.35 bits per heavy atom. The molecule has 2 N–H and O–H groups in total. The number of hydrogen-bond donors (Lipinski definition) is 2. The van der Waals surface area contributed by atoms with Gasteiger partial charge in [-0.3, -0.25) is 0 Å². The lowest BCUT2D eigenvalue weighted by molar-refractivity contribution is 0.0754. The summed E-state index contributed by atoms with van der Waals surface area (Å²) in [5, 5.41) is 13.9. The molecule has 0 radical (unpaired) electrons. The molecule has 3 unspecified atom stereocenters. The van der Waals surface area contributed by atoms with E-state index in [1.807, 2.05) is 30.3 Å². The van der Waals surface area contributed by atoms with Crippen molar-refractivity contribution >= 4 is 0 Å². The molecule has 1 saturated heterocycles. The number of nitrogens with one attached hydrogen (secondary N) is 1. The predicted molar refractivity (Wildman–Crippen MR) is 83.7 cm³/mol. The van der Waals surface area contributed by atoms with E-state index >= 15 is 0 Å². The molecule has 3 nitrogen and oxygen atoms in total. The summed E-state index contributed by atoms with van der Waals surface area (Å²) in [6.07, 6.45) is 2.01. The number of rotatable bonds is 6. The second kappa shape index (κ2) is 7.77. The quantitative estimate of drug-likeness (QED) is 0.837. The number of piperidine rings is 1. The fraction of sp³-hybridized carbons (Fsp3) is 0.647. The molecule has 1 aliphatic rings. The van der Waals surface area contributed by atoms with Gasteiger partial charge in [-0.25, -0.2) is 0 Å². The lowest BCUT2D eigenvalue weighted by Gasteiger charge is -2.38. The summed E-state index contributed by atoms with van der Waals surface area (Å²) in [6, 6.07) is 10.6. The van der Waals surface area contributed by atoms with Gasteiger partial charge in [0.05, 0.1) is 6.10 Å². The van der Waals surface area contributed by atoms with Crippen LogP contribution < -0.4 is 5.32 Å². The Bertz CT molecular complexity index is 382. The van der Waals surface area contributed by atoms with Crippen LogP contribution in [0.3, 0.4) is 0 Å². The summed E-state index contributed by atoms with van der Waals surface area (Å²) in [7, 11) is 0. The smallest absolute Gasteiger partial charge is 0.0916 e. The van der Waals surface area contributed by atoms with Gasteiger partial charge in [0, 0.05) is 19.1 Å². The molecule has 1 fully saturated rings. The van der Waals surface area contributed by atoms with Crippen molar-refractivity contribution in [1.82, 2.24) is 10.2 Å². The van der Waals surface area contributed by atoms with Crippen molar-refractivity contribution in [2.45, 2.75) is 38.8 Å². The molecule has 1 aromatic carbocycles. The van der Waals surface area contributed by atoms with Crippen LogP contribution >= 0.6 is 0 Å². The van der Waals surface area contributed by atoms with E-state index in [0.717, 1.165) is 31.7 Å². The maximum absolute atomic E-state index is 10.3. The van der Waals surface area contributed by atoms with Crippen LogP contribution in [0.5, 0.6) is 0 Å². The van der Waals surface area contributed by atoms with E-state index in [4.69, 9.17) is 0 Å². The number of hydrogen-bond acceptors (Lipinski definition) is 3. The molecule has 1 aromatic rings. The van der Waals surface area contributed by atoms with Crippen LogP contribution in [0.1, 0.15) is 38.4 Å². The third kappa shape index (κ3) is 4.30. The van der Waals surface area contributed by atoms with Gasteiger partial charge in [0.2, 0.25) is 0 Å². The van der Waals surface area contributed by atoms with Crippen molar-refractivity contribution in [3.05, 3.63) is 35.9 Å². The standard InChI is InChI=1S/C17H28N2O/c1-3-10-18-16-9-11-19(12-14(16)2)13-17(20)15-7-5-4-6-8-15/h4-8,14,16-18,20H,3,9-13H2,1-2H3. The third-order valence-corrected chi connectivity index (χ3v) is 4.26. The minimum absolute atomic E-state index is 0.372. The Hall–Kier alpha value is -0.900. The van der Waals surface area contributed by atoms with Crippen molar-refractivity contribution < 1.29 is 5.11 Å². The molecule has 3 heteroatoms. The maximum atomic E-state index is 10.3. The molecule has 20 heavy (non-hydrogen) atoms. The van der Waals surface area contributed by atoms with Gasteiger partial charge in [-0.1, -0.05) is 44.2 Å². The van der Waals surface area contributed by atoms with E-state index in [1.165, 1.54) is 12.8 Å². The first kappa shape index (κ1) is 15.5. The van der Waals surface area contributed by atoms with E-state index in [1.54, 1.807) is 0 Å². The predicted octanol–water partition coefficient (Wildman–Crippen LogP) is 2.43. The van der Waals surface area contributed by atoms with E-state index < -0.39 is 0 Å². The highest BCUT2D eigenvalue weighted by atomic mass is 16.3. The molecule has 0 aliphatic carbocycles.